The Labute approximate surface area is 158 Å². The second-order valence-corrected chi connectivity index (χ2v) is 7.03. The van der Waals surface area contributed by atoms with E-state index in [0.717, 1.165) is 25.9 Å². The quantitative estimate of drug-likeness (QED) is 0.835. The van der Waals surface area contributed by atoms with Gasteiger partial charge in [0.1, 0.15) is 19.3 Å². The van der Waals surface area contributed by atoms with E-state index in [9.17, 15) is 9.59 Å². The van der Waals surface area contributed by atoms with Gasteiger partial charge in [-0.25, -0.2) is 0 Å². The number of benzene rings is 1. The molecule has 2 amide bonds. The molecule has 3 aliphatic heterocycles. The van der Waals surface area contributed by atoms with Crippen LogP contribution in [0.1, 0.15) is 12.8 Å². The van der Waals surface area contributed by atoms with Crippen LogP contribution in [0.4, 0.5) is 5.69 Å². The SMILES string of the molecule is O=C(CN1CCOC(C(=O)N2CCCC2)C1)Nc1ccc2c(c1)OCCO2. The summed E-state index contributed by atoms with van der Waals surface area (Å²) in [5.74, 6) is 1.25. The summed E-state index contributed by atoms with van der Waals surface area (Å²) in [5, 5.41) is 2.89. The smallest absolute Gasteiger partial charge is 0.253 e. The molecule has 4 rings (SSSR count). The number of carbonyl (C=O) groups excluding carboxylic acids is 2. The van der Waals surface area contributed by atoms with E-state index in [1.54, 1.807) is 18.2 Å². The molecule has 1 aromatic rings. The van der Waals surface area contributed by atoms with Crippen molar-refractivity contribution < 1.29 is 23.8 Å². The lowest BCUT2D eigenvalue weighted by Crippen LogP contribution is -2.51. The summed E-state index contributed by atoms with van der Waals surface area (Å²) in [6.07, 6.45) is 1.64. The van der Waals surface area contributed by atoms with Crippen molar-refractivity contribution >= 4 is 17.5 Å². The van der Waals surface area contributed by atoms with Crippen LogP contribution >= 0.6 is 0 Å². The zero-order chi connectivity index (χ0) is 18.6. The van der Waals surface area contributed by atoms with E-state index in [4.69, 9.17) is 14.2 Å². The molecule has 0 saturated carbocycles. The molecule has 1 N–H and O–H groups in total. The maximum Gasteiger partial charge on any atom is 0.253 e. The van der Waals surface area contributed by atoms with E-state index in [1.165, 1.54) is 0 Å². The van der Waals surface area contributed by atoms with Gasteiger partial charge < -0.3 is 24.4 Å². The van der Waals surface area contributed by atoms with Crippen molar-refractivity contribution in [1.82, 2.24) is 9.80 Å². The molecule has 1 atom stereocenters. The Morgan fingerprint density at radius 3 is 2.63 bits per heavy atom. The number of ether oxygens (including phenoxy) is 3. The van der Waals surface area contributed by atoms with Crippen molar-refractivity contribution in [1.29, 1.82) is 0 Å². The average Bonchev–Trinajstić information content (AvgIpc) is 3.22. The number of fused-ring (bicyclic) bond motifs is 1. The molecule has 0 aromatic heterocycles. The summed E-state index contributed by atoms with van der Waals surface area (Å²) in [6.45, 7) is 4.43. The van der Waals surface area contributed by atoms with Crippen LogP contribution in [0.5, 0.6) is 11.5 Å². The van der Waals surface area contributed by atoms with E-state index < -0.39 is 6.10 Å². The molecule has 3 heterocycles. The summed E-state index contributed by atoms with van der Waals surface area (Å²) < 4.78 is 16.7. The first kappa shape index (κ1) is 18.1. The number of amides is 2. The van der Waals surface area contributed by atoms with Gasteiger partial charge in [-0.15, -0.1) is 0 Å². The van der Waals surface area contributed by atoms with E-state index in [0.29, 0.717) is 50.1 Å². The van der Waals surface area contributed by atoms with Crippen molar-refractivity contribution in [3.8, 4) is 11.5 Å². The van der Waals surface area contributed by atoms with Gasteiger partial charge in [-0.2, -0.15) is 0 Å². The standard InChI is InChI=1S/C19H25N3O5/c23-18(20-14-3-4-15-16(11-14)27-10-9-26-15)13-21-7-8-25-17(12-21)19(24)22-5-1-2-6-22/h3-4,11,17H,1-2,5-10,12-13H2,(H,20,23). The number of morpholine rings is 1. The summed E-state index contributed by atoms with van der Waals surface area (Å²) in [5.41, 5.74) is 0.669. The minimum absolute atomic E-state index is 0.0458. The fourth-order valence-electron chi connectivity index (χ4n) is 3.66. The molecule has 0 bridgehead atoms. The highest BCUT2D eigenvalue weighted by Crippen LogP contribution is 2.32. The molecular weight excluding hydrogens is 350 g/mol. The van der Waals surface area contributed by atoms with Crippen LogP contribution in [-0.4, -0.2) is 80.3 Å². The zero-order valence-electron chi connectivity index (χ0n) is 15.3. The second kappa shape index (κ2) is 8.14. The molecule has 2 fully saturated rings. The first-order valence-corrected chi connectivity index (χ1v) is 9.51. The van der Waals surface area contributed by atoms with Crippen molar-refractivity contribution in [2.75, 3.05) is 57.9 Å². The van der Waals surface area contributed by atoms with Crippen LogP contribution in [0.2, 0.25) is 0 Å². The Hall–Kier alpha value is -2.32. The van der Waals surface area contributed by atoms with Crippen LogP contribution in [0, 0.1) is 0 Å². The summed E-state index contributed by atoms with van der Waals surface area (Å²) in [7, 11) is 0. The number of nitrogens with zero attached hydrogens (tertiary/aromatic N) is 2. The Morgan fingerprint density at radius 1 is 1.04 bits per heavy atom. The molecule has 8 nitrogen and oxygen atoms in total. The van der Waals surface area contributed by atoms with Gasteiger partial charge >= 0.3 is 0 Å². The Morgan fingerprint density at radius 2 is 1.81 bits per heavy atom. The summed E-state index contributed by atoms with van der Waals surface area (Å²) in [4.78, 5) is 28.8. The lowest BCUT2D eigenvalue weighted by atomic mass is 10.2. The van der Waals surface area contributed by atoms with Gasteiger partial charge in [-0.1, -0.05) is 0 Å². The van der Waals surface area contributed by atoms with E-state index >= 15 is 0 Å². The van der Waals surface area contributed by atoms with Gasteiger partial charge in [0.2, 0.25) is 5.91 Å². The van der Waals surface area contributed by atoms with Crippen LogP contribution in [-0.2, 0) is 14.3 Å². The van der Waals surface area contributed by atoms with Crippen molar-refractivity contribution in [3.63, 3.8) is 0 Å². The maximum absolute atomic E-state index is 12.5. The first-order valence-electron chi connectivity index (χ1n) is 9.51. The third-order valence-electron chi connectivity index (χ3n) is 5.04. The third kappa shape index (κ3) is 4.33. The molecule has 146 valence electrons. The summed E-state index contributed by atoms with van der Waals surface area (Å²) in [6, 6.07) is 5.36. The Bertz CT molecular complexity index is 705. The van der Waals surface area contributed by atoms with Gasteiger partial charge in [0, 0.05) is 37.9 Å². The van der Waals surface area contributed by atoms with Crippen molar-refractivity contribution in [2.24, 2.45) is 0 Å². The average molecular weight is 375 g/mol. The molecule has 27 heavy (non-hydrogen) atoms. The van der Waals surface area contributed by atoms with Crippen molar-refractivity contribution in [2.45, 2.75) is 18.9 Å². The predicted molar refractivity (Wildman–Crippen MR) is 98.1 cm³/mol. The monoisotopic (exact) mass is 375 g/mol. The molecule has 8 heteroatoms. The molecule has 1 unspecified atom stereocenters. The maximum atomic E-state index is 12.5. The third-order valence-corrected chi connectivity index (χ3v) is 5.04. The van der Waals surface area contributed by atoms with E-state index in [-0.39, 0.29) is 18.4 Å². The van der Waals surface area contributed by atoms with Crippen LogP contribution in [0.15, 0.2) is 18.2 Å². The molecular formula is C19H25N3O5. The number of rotatable bonds is 4. The fraction of sp³-hybridized carbons (Fsp3) is 0.579. The van der Waals surface area contributed by atoms with Crippen LogP contribution in [0.25, 0.3) is 0 Å². The highest BCUT2D eigenvalue weighted by Gasteiger charge is 2.32. The lowest BCUT2D eigenvalue weighted by molar-refractivity contribution is -0.149. The molecule has 0 aliphatic carbocycles. The highest BCUT2D eigenvalue weighted by atomic mass is 16.6. The number of hydrogen-bond donors (Lipinski definition) is 1. The topological polar surface area (TPSA) is 80.3 Å². The van der Waals surface area contributed by atoms with Gasteiger partial charge in [0.25, 0.3) is 5.91 Å². The zero-order valence-corrected chi connectivity index (χ0v) is 15.3. The van der Waals surface area contributed by atoms with Gasteiger partial charge in [-0.3, -0.25) is 14.5 Å². The van der Waals surface area contributed by atoms with Gasteiger partial charge in [0.15, 0.2) is 11.5 Å². The fourth-order valence-corrected chi connectivity index (χ4v) is 3.66. The largest absolute Gasteiger partial charge is 0.486 e. The Kier molecular flexibility index (Phi) is 5.45. The first-order chi connectivity index (χ1) is 13.2. The second-order valence-electron chi connectivity index (χ2n) is 7.03. The van der Waals surface area contributed by atoms with Gasteiger partial charge in [0.05, 0.1) is 13.2 Å². The highest BCUT2D eigenvalue weighted by molar-refractivity contribution is 5.92. The molecule has 3 aliphatic rings. The normalized spacial score (nSPS) is 22.5. The van der Waals surface area contributed by atoms with E-state index in [1.807, 2.05) is 9.80 Å². The number of anilines is 1. The van der Waals surface area contributed by atoms with Crippen molar-refractivity contribution in [3.05, 3.63) is 18.2 Å². The number of likely N-dealkylation sites (tertiary alicyclic amines) is 1. The summed E-state index contributed by atoms with van der Waals surface area (Å²) >= 11 is 0. The number of hydrogen-bond acceptors (Lipinski definition) is 6. The lowest BCUT2D eigenvalue weighted by Gasteiger charge is -2.33. The Balaban J connectivity index is 1.30. The molecule has 0 radical (unpaired) electrons. The van der Waals surface area contributed by atoms with Crippen LogP contribution in [0.3, 0.4) is 0 Å². The van der Waals surface area contributed by atoms with Gasteiger partial charge in [-0.05, 0) is 25.0 Å². The minimum atomic E-state index is -0.473. The molecule has 1 aromatic carbocycles. The molecule has 2 saturated heterocycles. The minimum Gasteiger partial charge on any atom is -0.486 e. The number of nitrogens with one attached hydrogen (secondary N) is 1. The van der Waals surface area contributed by atoms with Crippen LogP contribution < -0.4 is 14.8 Å². The van der Waals surface area contributed by atoms with E-state index in [2.05, 4.69) is 5.32 Å². The predicted octanol–water partition coefficient (Wildman–Crippen LogP) is 0.720. The number of carbonyl (C=O) groups is 2. The molecule has 0 spiro atoms.